The van der Waals surface area contributed by atoms with Crippen LogP contribution >= 0.6 is 0 Å². The Hall–Kier alpha value is -4.40. The minimum Gasteiger partial charge on any atom is -0.508 e. The molecule has 3 atom stereocenters. The van der Waals surface area contributed by atoms with Crippen LogP contribution in [0.25, 0.3) is 10.8 Å². The molecule has 0 bridgehead atoms. The van der Waals surface area contributed by atoms with Gasteiger partial charge >= 0.3 is 5.97 Å². The maximum absolute atomic E-state index is 13.5. The zero-order valence-corrected chi connectivity index (χ0v) is 22.6. The molecular weight excluding hydrogens is 498 g/mol. The van der Waals surface area contributed by atoms with Gasteiger partial charge in [-0.25, -0.2) is 4.79 Å². The summed E-state index contributed by atoms with van der Waals surface area (Å²) in [5, 5.41) is 19.7. The number of nitrogens with one attached hydrogen (secondary N) is 3. The van der Waals surface area contributed by atoms with E-state index < -0.39 is 41.8 Å². The molecule has 0 unspecified atom stereocenters. The number of carbonyl (C=O) groups is 4. The summed E-state index contributed by atoms with van der Waals surface area (Å²) in [7, 11) is 1.25. The lowest BCUT2D eigenvalue weighted by Gasteiger charge is -2.26. The smallest absolute Gasteiger partial charge is 0.328 e. The van der Waals surface area contributed by atoms with Gasteiger partial charge in [-0.2, -0.15) is 0 Å². The van der Waals surface area contributed by atoms with Crippen LogP contribution in [0.3, 0.4) is 0 Å². The second-order valence-electron chi connectivity index (χ2n) is 9.82. The molecule has 0 saturated heterocycles. The molecule has 3 aromatic rings. The number of hydrogen-bond donors (Lipinski definition) is 4. The highest BCUT2D eigenvalue weighted by Crippen LogP contribution is 2.18. The van der Waals surface area contributed by atoms with Gasteiger partial charge < -0.3 is 25.8 Å². The van der Waals surface area contributed by atoms with Crippen LogP contribution in [0.5, 0.6) is 5.75 Å². The first kappa shape index (κ1) is 29.2. The molecule has 0 aliphatic carbocycles. The van der Waals surface area contributed by atoms with Crippen molar-refractivity contribution in [1.82, 2.24) is 16.0 Å². The number of phenols is 1. The number of carbonyl (C=O) groups excluding carboxylic acids is 4. The molecule has 4 N–H and O–H groups in total. The molecule has 0 fully saturated rings. The van der Waals surface area contributed by atoms with Gasteiger partial charge in [0, 0.05) is 19.8 Å². The zero-order chi connectivity index (χ0) is 28.5. The Bertz CT molecular complexity index is 1320. The third-order valence-electron chi connectivity index (χ3n) is 6.38. The molecule has 3 rings (SSSR count). The Labute approximate surface area is 227 Å². The lowest BCUT2D eigenvalue weighted by molar-refractivity contribution is -0.146. The van der Waals surface area contributed by atoms with Crippen molar-refractivity contribution < 1.29 is 29.0 Å². The summed E-state index contributed by atoms with van der Waals surface area (Å²) in [5.41, 5.74) is 1.52. The SMILES string of the molecule is COC(=O)[C@@H](NC(=O)[C@H](Cc1ccc2ccccc2c1)NC(=O)[C@H](Cc1ccc(O)cc1)NC(C)=O)C(C)C. The average molecular weight is 534 g/mol. The summed E-state index contributed by atoms with van der Waals surface area (Å²) in [6, 6.07) is 17.0. The van der Waals surface area contributed by atoms with Crippen LogP contribution < -0.4 is 16.0 Å². The van der Waals surface area contributed by atoms with E-state index in [4.69, 9.17) is 4.74 Å². The van der Waals surface area contributed by atoms with Crippen molar-refractivity contribution in [2.45, 2.75) is 51.7 Å². The summed E-state index contributed by atoms with van der Waals surface area (Å²) in [4.78, 5) is 51.1. The second kappa shape index (κ2) is 13.4. The number of benzene rings is 3. The highest BCUT2D eigenvalue weighted by atomic mass is 16.5. The topological polar surface area (TPSA) is 134 Å². The van der Waals surface area contributed by atoms with Crippen molar-refractivity contribution in [3.8, 4) is 5.75 Å². The van der Waals surface area contributed by atoms with Crippen LogP contribution in [-0.2, 0) is 36.8 Å². The summed E-state index contributed by atoms with van der Waals surface area (Å²) < 4.78 is 4.85. The van der Waals surface area contributed by atoms with E-state index >= 15 is 0 Å². The predicted molar refractivity (Wildman–Crippen MR) is 148 cm³/mol. The molecule has 9 heteroatoms. The molecule has 0 saturated carbocycles. The van der Waals surface area contributed by atoms with Crippen molar-refractivity contribution in [2.75, 3.05) is 7.11 Å². The molecule has 3 amide bonds. The number of aromatic hydroxyl groups is 1. The van der Waals surface area contributed by atoms with Gasteiger partial charge in [0.1, 0.15) is 23.9 Å². The van der Waals surface area contributed by atoms with Gasteiger partial charge in [-0.05, 0) is 39.9 Å². The molecule has 206 valence electrons. The van der Waals surface area contributed by atoms with Gasteiger partial charge in [-0.15, -0.1) is 0 Å². The predicted octanol–water partition coefficient (Wildman–Crippen LogP) is 2.63. The maximum Gasteiger partial charge on any atom is 0.328 e. The van der Waals surface area contributed by atoms with E-state index in [-0.39, 0.29) is 24.5 Å². The molecule has 39 heavy (non-hydrogen) atoms. The third-order valence-corrected chi connectivity index (χ3v) is 6.38. The Morgan fingerprint density at radius 1 is 0.769 bits per heavy atom. The molecule has 9 nitrogen and oxygen atoms in total. The van der Waals surface area contributed by atoms with Gasteiger partial charge in [-0.3, -0.25) is 14.4 Å². The largest absolute Gasteiger partial charge is 0.508 e. The van der Waals surface area contributed by atoms with E-state index in [0.29, 0.717) is 5.56 Å². The molecular formula is C30H35N3O6. The number of fused-ring (bicyclic) bond motifs is 1. The quantitative estimate of drug-likeness (QED) is 0.280. The van der Waals surface area contributed by atoms with Crippen LogP contribution in [0, 0.1) is 5.92 Å². The van der Waals surface area contributed by atoms with Crippen molar-refractivity contribution >= 4 is 34.5 Å². The highest BCUT2D eigenvalue weighted by Gasteiger charge is 2.31. The number of amides is 3. The molecule has 0 spiro atoms. The summed E-state index contributed by atoms with van der Waals surface area (Å²) >= 11 is 0. The average Bonchev–Trinajstić information content (AvgIpc) is 2.91. The van der Waals surface area contributed by atoms with E-state index in [2.05, 4.69) is 16.0 Å². The molecule has 0 radical (unpaired) electrons. The van der Waals surface area contributed by atoms with Crippen LogP contribution in [0.4, 0.5) is 0 Å². The van der Waals surface area contributed by atoms with Crippen LogP contribution in [0.2, 0.25) is 0 Å². The summed E-state index contributed by atoms with van der Waals surface area (Å²) in [6.07, 6.45) is 0.299. The monoisotopic (exact) mass is 533 g/mol. The third kappa shape index (κ3) is 8.29. The number of phenolic OH excluding ortho intramolecular Hbond substituents is 1. The Morgan fingerprint density at radius 2 is 1.33 bits per heavy atom. The van der Waals surface area contributed by atoms with Crippen molar-refractivity contribution in [2.24, 2.45) is 5.92 Å². The van der Waals surface area contributed by atoms with Gasteiger partial charge in [-0.1, -0.05) is 68.4 Å². The first-order valence-corrected chi connectivity index (χ1v) is 12.8. The fourth-order valence-electron chi connectivity index (χ4n) is 4.28. The van der Waals surface area contributed by atoms with Gasteiger partial charge in [0.15, 0.2) is 0 Å². The standard InChI is InChI=1S/C30H35N3O6/c1-18(2)27(30(38)39-4)33-29(37)26(17-21-9-12-22-7-5-6-8-23(22)15-21)32-28(36)25(31-19(3)34)16-20-10-13-24(35)14-11-20/h5-15,18,25-27,35H,16-17H2,1-4H3,(H,31,34)(H,32,36)(H,33,37)/t25-,26-,27-/m0/s1. The molecule has 0 heterocycles. The Balaban J connectivity index is 1.88. The number of hydrogen-bond acceptors (Lipinski definition) is 6. The van der Waals surface area contributed by atoms with Crippen LogP contribution in [0.15, 0.2) is 66.7 Å². The lowest BCUT2D eigenvalue weighted by atomic mass is 9.99. The number of rotatable bonds is 11. The number of esters is 1. The van der Waals surface area contributed by atoms with Crippen molar-refractivity contribution in [3.63, 3.8) is 0 Å². The molecule has 0 aromatic heterocycles. The van der Waals surface area contributed by atoms with Crippen LogP contribution in [-0.4, -0.2) is 54.0 Å². The summed E-state index contributed by atoms with van der Waals surface area (Å²) in [5.74, 6) is -2.27. The fraction of sp³-hybridized carbons (Fsp3) is 0.333. The van der Waals surface area contributed by atoms with Gasteiger partial charge in [0.2, 0.25) is 17.7 Å². The van der Waals surface area contributed by atoms with E-state index in [0.717, 1.165) is 16.3 Å². The minimum absolute atomic E-state index is 0.0803. The Morgan fingerprint density at radius 3 is 1.95 bits per heavy atom. The Kier molecular flexibility index (Phi) is 10.0. The fourth-order valence-corrected chi connectivity index (χ4v) is 4.28. The molecule has 0 aliphatic heterocycles. The van der Waals surface area contributed by atoms with E-state index in [1.54, 1.807) is 26.0 Å². The van der Waals surface area contributed by atoms with Crippen molar-refractivity contribution in [1.29, 1.82) is 0 Å². The normalized spacial score (nSPS) is 13.3. The maximum atomic E-state index is 13.5. The lowest BCUT2D eigenvalue weighted by Crippen LogP contribution is -2.57. The number of methoxy groups -OCH3 is 1. The van der Waals surface area contributed by atoms with Crippen LogP contribution in [0.1, 0.15) is 31.9 Å². The minimum atomic E-state index is -1.04. The first-order chi connectivity index (χ1) is 18.6. The van der Waals surface area contributed by atoms with E-state index in [1.807, 2.05) is 42.5 Å². The zero-order valence-electron chi connectivity index (χ0n) is 22.6. The highest BCUT2D eigenvalue weighted by molar-refractivity contribution is 5.94. The first-order valence-electron chi connectivity index (χ1n) is 12.8. The molecule has 0 aliphatic rings. The van der Waals surface area contributed by atoms with E-state index in [1.165, 1.54) is 26.2 Å². The van der Waals surface area contributed by atoms with Crippen molar-refractivity contribution in [3.05, 3.63) is 77.9 Å². The van der Waals surface area contributed by atoms with E-state index in [9.17, 15) is 24.3 Å². The number of ether oxygens (including phenoxy) is 1. The van der Waals surface area contributed by atoms with Gasteiger partial charge in [0.05, 0.1) is 7.11 Å². The summed E-state index contributed by atoms with van der Waals surface area (Å²) in [6.45, 7) is 4.87. The molecule has 3 aromatic carbocycles. The second-order valence-corrected chi connectivity index (χ2v) is 9.82. The van der Waals surface area contributed by atoms with Gasteiger partial charge in [0.25, 0.3) is 0 Å².